The zero-order valence-electron chi connectivity index (χ0n) is 14.4. The first-order chi connectivity index (χ1) is 12.4. The fourth-order valence-corrected chi connectivity index (χ4v) is 3.92. The maximum atomic E-state index is 12.0. The third-order valence-electron chi connectivity index (χ3n) is 3.54. The standard InChI is InChI=1S/C17H19Cl2N3O2S2/c1-3-22(4-2)16(24)10-25-9-15(23)21-17-20-14(8-26-17)11-5-6-12(18)13(19)7-11/h5-8H,3-4,9-10H2,1-2H3,(H,20,21,23). The number of thioether (sulfide) groups is 1. The van der Waals surface area contributed by atoms with Crippen LogP contribution >= 0.6 is 46.3 Å². The van der Waals surface area contributed by atoms with Crippen LogP contribution in [0.4, 0.5) is 5.13 Å². The Morgan fingerprint density at radius 1 is 1.19 bits per heavy atom. The number of nitrogens with zero attached hydrogens (tertiary/aromatic N) is 2. The molecular weight excluding hydrogens is 413 g/mol. The average Bonchev–Trinajstić information content (AvgIpc) is 3.06. The quantitative estimate of drug-likeness (QED) is 0.659. The van der Waals surface area contributed by atoms with Gasteiger partial charge in [-0.1, -0.05) is 29.3 Å². The number of hydrogen-bond donors (Lipinski definition) is 1. The summed E-state index contributed by atoms with van der Waals surface area (Å²) < 4.78 is 0. The number of rotatable bonds is 8. The average molecular weight is 432 g/mol. The number of thiazole rings is 1. The van der Waals surface area contributed by atoms with Crippen LogP contribution in [0.1, 0.15) is 13.8 Å². The van der Waals surface area contributed by atoms with Crippen molar-refractivity contribution in [2.24, 2.45) is 0 Å². The SMILES string of the molecule is CCN(CC)C(=O)CSCC(=O)Nc1nc(-c2ccc(Cl)c(Cl)c2)cs1. The van der Waals surface area contributed by atoms with Crippen molar-refractivity contribution >= 4 is 63.2 Å². The normalized spacial score (nSPS) is 10.6. The van der Waals surface area contributed by atoms with Crippen molar-refractivity contribution in [1.29, 1.82) is 0 Å². The van der Waals surface area contributed by atoms with Gasteiger partial charge < -0.3 is 10.2 Å². The lowest BCUT2D eigenvalue weighted by Gasteiger charge is -2.17. The molecule has 0 radical (unpaired) electrons. The van der Waals surface area contributed by atoms with Crippen molar-refractivity contribution in [3.8, 4) is 11.3 Å². The molecule has 1 aromatic heterocycles. The van der Waals surface area contributed by atoms with Crippen molar-refractivity contribution in [2.75, 3.05) is 29.9 Å². The Morgan fingerprint density at radius 2 is 1.92 bits per heavy atom. The van der Waals surface area contributed by atoms with Gasteiger partial charge in [-0.05, 0) is 26.0 Å². The Hall–Kier alpha value is -1.28. The molecular formula is C17H19Cl2N3O2S2. The summed E-state index contributed by atoms with van der Waals surface area (Å²) in [6.07, 6.45) is 0. The summed E-state index contributed by atoms with van der Waals surface area (Å²) in [6.45, 7) is 5.23. The molecule has 0 fully saturated rings. The maximum absolute atomic E-state index is 12.0. The highest BCUT2D eigenvalue weighted by Crippen LogP contribution is 2.30. The molecule has 0 aliphatic carbocycles. The van der Waals surface area contributed by atoms with Gasteiger partial charge in [0.25, 0.3) is 0 Å². The number of amides is 2. The van der Waals surface area contributed by atoms with Crippen molar-refractivity contribution in [2.45, 2.75) is 13.8 Å². The van der Waals surface area contributed by atoms with E-state index in [1.807, 2.05) is 25.3 Å². The van der Waals surface area contributed by atoms with E-state index in [4.69, 9.17) is 23.2 Å². The second kappa shape index (κ2) is 10.2. The first-order valence-electron chi connectivity index (χ1n) is 8.00. The highest BCUT2D eigenvalue weighted by Gasteiger charge is 2.12. The zero-order chi connectivity index (χ0) is 19.1. The number of anilines is 1. The van der Waals surface area contributed by atoms with E-state index < -0.39 is 0 Å². The summed E-state index contributed by atoms with van der Waals surface area (Å²) in [4.78, 5) is 30.1. The van der Waals surface area contributed by atoms with Crippen LogP contribution < -0.4 is 5.32 Å². The van der Waals surface area contributed by atoms with Crippen molar-refractivity contribution in [1.82, 2.24) is 9.88 Å². The van der Waals surface area contributed by atoms with E-state index in [-0.39, 0.29) is 17.6 Å². The first-order valence-corrected chi connectivity index (χ1v) is 10.8. The molecule has 0 saturated carbocycles. The molecule has 26 heavy (non-hydrogen) atoms. The van der Waals surface area contributed by atoms with Crippen LogP contribution in [0, 0.1) is 0 Å². The van der Waals surface area contributed by atoms with Crippen LogP contribution in [-0.2, 0) is 9.59 Å². The van der Waals surface area contributed by atoms with E-state index in [0.29, 0.717) is 39.7 Å². The number of benzene rings is 1. The molecule has 2 aromatic rings. The molecule has 2 rings (SSSR count). The van der Waals surface area contributed by atoms with Gasteiger partial charge in [-0.15, -0.1) is 23.1 Å². The van der Waals surface area contributed by atoms with Crippen LogP contribution in [0.15, 0.2) is 23.6 Å². The third kappa shape index (κ3) is 5.87. The molecule has 2 amide bonds. The molecule has 0 atom stereocenters. The number of nitrogens with one attached hydrogen (secondary N) is 1. The van der Waals surface area contributed by atoms with Gasteiger partial charge in [0.15, 0.2) is 5.13 Å². The van der Waals surface area contributed by atoms with Gasteiger partial charge in [-0.3, -0.25) is 9.59 Å². The minimum Gasteiger partial charge on any atom is -0.343 e. The molecule has 140 valence electrons. The minimum atomic E-state index is -0.183. The minimum absolute atomic E-state index is 0.0453. The summed E-state index contributed by atoms with van der Waals surface area (Å²) in [6, 6.07) is 5.27. The highest BCUT2D eigenvalue weighted by atomic mass is 35.5. The lowest BCUT2D eigenvalue weighted by molar-refractivity contribution is -0.127. The fraction of sp³-hybridized carbons (Fsp3) is 0.353. The first kappa shape index (κ1) is 21.0. The fourth-order valence-electron chi connectivity index (χ4n) is 2.17. The Bertz CT molecular complexity index is 779. The molecule has 0 spiro atoms. The Labute approximate surface area is 171 Å². The number of carbonyl (C=O) groups excluding carboxylic acids is 2. The van der Waals surface area contributed by atoms with E-state index >= 15 is 0 Å². The van der Waals surface area contributed by atoms with Gasteiger partial charge in [-0.2, -0.15) is 0 Å². The highest BCUT2D eigenvalue weighted by molar-refractivity contribution is 8.00. The topological polar surface area (TPSA) is 62.3 Å². The Morgan fingerprint density at radius 3 is 2.58 bits per heavy atom. The van der Waals surface area contributed by atoms with Crippen LogP contribution in [0.2, 0.25) is 10.0 Å². The molecule has 0 aliphatic rings. The van der Waals surface area contributed by atoms with Gasteiger partial charge in [0.2, 0.25) is 11.8 Å². The molecule has 9 heteroatoms. The number of carbonyl (C=O) groups is 2. The molecule has 1 aromatic carbocycles. The van der Waals surface area contributed by atoms with E-state index in [0.717, 1.165) is 5.56 Å². The second-order valence-corrected chi connectivity index (χ2v) is 7.93. The number of aromatic nitrogens is 1. The molecule has 0 bridgehead atoms. The summed E-state index contributed by atoms with van der Waals surface area (Å²) in [7, 11) is 0. The van der Waals surface area contributed by atoms with Gasteiger partial charge in [0, 0.05) is 24.0 Å². The van der Waals surface area contributed by atoms with E-state index in [1.165, 1.54) is 23.1 Å². The molecule has 1 heterocycles. The van der Waals surface area contributed by atoms with Crippen LogP contribution in [0.25, 0.3) is 11.3 Å². The van der Waals surface area contributed by atoms with Gasteiger partial charge in [0.05, 0.1) is 27.2 Å². The zero-order valence-corrected chi connectivity index (χ0v) is 17.6. The maximum Gasteiger partial charge on any atom is 0.236 e. The summed E-state index contributed by atoms with van der Waals surface area (Å²) >= 11 is 14.6. The summed E-state index contributed by atoms with van der Waals surface area (Å²) in [5.74, 6) is 0.359. The largest absolute Gasteiger partial charge is 0.343 e. The lowest BCUT2D eigenvalue weighted by Crippen LogP contribution is -2.32. The smallest absolute Gasteiger partial charge is 0.236 e. The van der Waals surface area contributed by atoms with Crippen LogP contribution in [0.5, 0.6) is 0 Å². The predicted octanol–water partition coefficient (Wildman–Crippen LogP) is 4.66. The third-order valence-corrected chi connectivity index (χ3v) is 5.95. The van der Waals surface area contributed by atoms with E-state index in [2.05, 4.69) is 10.3 Å². The van der Waals surface area contributed by atoms with Crippen LogP contribution in [-0.4, -0.2) is 46.3 Å². The lowest BCUT2D eigenvalue weighted by atomic mass is 10.2. The molecule has 0 unspecified atom stereocenters. The monoisotopic (exact) mass is 431 g/mol. The van der Waals surface area contributed by atoms with Gasteiger partial charge in [0.1, 0.15) is 0 Å². The molecule has 0 aliphatic heterocycles. The van der Waals surface area contributed by atoms with Gasteiger partial charge in [-0.25, -0.2) is 4.98 Å². The molecule has 0 saturated heterocycles. The van der Waals surface area contributed by atoms with E-state index in [1.54, 1.807) is 17.0 Å². The second-order valence-electron chi connectivity index (χ2n) is 5.27. The predicted molar refractivity (Wildman–Crippen MR) is 111 cm³/mol. The van der Waals surface area contributed by atoms with Crippen molar-refractivity contribution in [3.05, 3.63) is 33.6 Å². The van der Waals surface area contributed by atoms with E-state index in [9.17, 15) is 9.59 Å². The van der Waals surface area contributed by atoms with Gasteiger partial charge >= 0.3 is 0 Å². The van der Waals surface area contributed by atoms with Crippen LogP contribution in [0.3, 0.4) is 0 Å². The van der Waals surface area contributed by atoms with Crippen molar-refractivity contribution in [3.63, 3.8) is 0 Å². The van der Waals surface area contributed by atoms with Crippen molar-refractivity contribution < 1.29 is 9.59 Å². The summed E-state index contributed by atoms with van der Waals surface area (Å²) in [5, 5.41) is 6.04. The number of hydrogen-bond acceptors (Lipinski definition) is 5. The Kier molecular flexibility index (Phi) is 8.21. The molecule has 5 nitrogen and oxygen atoms in total. The summed E-state index contributed by atoms with van der Waals surface area (Å²) in [5.41, 5.74) is 1.54. The Balaban J connectivity index is 1.85. The number of halogens is 2. The molecule has 1 N–H and O–H groups in total.